The van der Waals surface area contributed by atoms with E-state index >= 15 is 0 Å². The van der Waals surface area contributed by atoms with E-state index in [-0.39, 0.29) is 24.4 Å². The van der Waals surface area contributed by atoms with Gasteiger partial charge in [-0.25, -0.2) is 0 Å². The van der Waals surface area contributed by atoms with Crippen LogP contribution in [-0.2, 0) is 11.2 Å². The summed E-state index contributed by atoms with van der Waals surface area (Å²) in [5.74, 6) is 1.87. The van der Waals surface area contributed by atoms with Gasteiger partial charge in [-0.05, 0) is 32.0 Å². The maximum absolute atomic E-state index is 11.2. The molecule has 23 heavy (non-hydrogen) atoms. The van der Waals surface area contributed by atoms with Gasteiger partial charge in [-0.15, -0.1) is 0 Å². The van der Waals surface area contributed by atoms with Gasteiger partial charge in [-0.2, -0.15) is 0 Å². The molecule has 1 N–H and O–H groups in total. The summed E-state index contributed by atoms with van der Waals surface area (Å²) in [7, 11) is 3.60. The molecule has 0 radical (unpaired) electrons. The van der Waals surface area contributed by atoms with Crippen LogP contribution in [-0.4, -0.2) is 43.3 Å². The second-order valence-electron chi connectivity index (χ2n) is 5.91. The minimum atomic E-state index is -0.168. The Bertz CT molecular complexity index is 667. The zero-order valence-electron chi connectivity index (χ0n) is 13.6. The molecule has 1 aromatic carbocycles. The number of allylic oxidation sites excluding steroid dienone is 1. The van der Waals surface area contributed by atoms with Crippen molar-refractivity contribution in [2.45, 2.75) is 25.8 Å². The average molecular weight is 319 g/mol. The lowest BCUT2D eigenvalue weighted by Gasteiger charge is -2.35. The van der Waals surface area contributed by atoms with Crippen molar-refractivity contribution in [3.63, 3.8) is 0 Å². The van der Waals surface area contributed by atoms with Crippen molar-refractivity contribution >= 4 is 5.78 Å². The Kier molecular flexibility index (Phi) is 4.17. The fourth-order valence-corrected chi connectivity index (χ4v) is 3.27. The van der Waals surface area contributed by atoms with Crippen molar-refractivity contribution in [2.24, 2.45) is 0 Å². The van der Waals surface area contributed by atoms with Gasteiger partial charge >= 0.3 is 0 Å². The molecule has 0 fully saturated rings. The first-order chi connectivity index (χ1) is 11.0. The Morgan fingerprint density at radius 2 is 2.30 bits per heavy atom. The van der Waals surface area contributed by atoms with Crippen LogP contribution in [0.1, 0.15) is 30.5 Å². The number of methoxy groups -OCH3 is 1. The smallest absolute Gasteiger partial charge is 0.231 e. The van der Waals surface area contributed by atoms with Gasteiger partial charge in [0.05, 0.1) is 12.9 Å². The molecule has 2 aliphatic heterocycles. The first kappa shape index (κ1) is 15.7. The standard InChI is InChI=1S/C17H21NO5/c1-10(19)6-12(20)8-13-15-11(4-5-18(13)2)7-14-16(17(15)21-3)23-9-22-14/h6-7,13,20H,4-5,8-9H2,1-3H3/t13-/m1/s1. The minimum Gasteiger partial charge on any atom is -0.512 e. The molecule has 0 saturated heterocycles. The number of carbonyl (C=O) groups excluding carboxylic acids is 1. The Morgan fingerprint density at radius 1 is 1.52 bits per heavy atom. The van der Waals surface area contributed by atoms with Crippen molar-refractivity contribution < 1.29 is 24.1 Å². The SMILES string of the molecule is COc1c2c(cc3c1[C@@H](CC(O)=CC(C)=O)N(C)CC3)OCO2. The van der Waals surface area contributed by atoms with Gasteiger partial charge in [0.2, 0.25) is 12.5 Å². The summed E-state index contributed by atoms with van der Waals surface area (Å²) in [5.41, 5.74) is 2.12. The maximum Gasteiger partial charge on any atom is 0.231 e. The van der Waals surface area contributed by atoms with Gasteiger partial charge in [-0.1, -0.05) is 0 Å². The molecule has 124 valence electrons. The number of ether oxygens (including phenoxy) is 3. The fraction of sp³-hybridized carbons (Fsp3) is 0.471. The lowest BCUT2D eigenvalue weighted by Crippen LogP contribution is -2.33. The van der Waals surface area contributed by atoms with E-state index in [4.69, 9.17) is 14.2 Å². The third-order valence-electron chi connectivity index (χ3n) is 4.32. The van der Waals surface area contributed by atoms with Crippen LogP contribution < -0.4 is 14.2 Å². The molecule has 2 heterocycles. The quantitative estimate of drug-likeness (QED) is 0.679. The molecule has 0 spiro atoms. The van der Waals surface area contributed by atoms with E-state index in [1.165, 1.54) is 13.0 Å². The van der Waals surface area contributed by atoms with Gasteiger partial charge in [0.15, 0.2) is 17.3 Å². The van der Waals surface area contributed by atoms with Gasteiger partial charge < -0.3 is 19.3 Å². The second kappa shape index (κ2) is 6.12. The summed E-state index contributed by atoms with van der Waals surface area (Å²) < 4.78 is 16.6. The van der Waals surface area contributed by atoms with Crippen LogP contribution in [0.3, 0.4) is 0 Å². The predicted molar refractivity (Wildman–Crippen MR) is 84.2 cm³/mol. The van der Waals surface area contributed by atoms with Crippen molar-refractivity contribution in [2.75, 3.05) is 27.5 Å². The van der Waals surface area contributed by atoms with Crippen LogP contribution in [0.4, 0.5) is 0 Å². The number of hydrogen-bond acceptors (Lipinski definition) is 6. The van der Waals surface area contributed by atoms with Crippen LogP contribution in [0.15, 0.2) is 17.9 Å². The molecule has 0 aromatic heterocycles. The van der Waals surface area contributed by atoms with Crippen molar-refractivity contribution in [3.05, 3.63) is 29.0 Å². The molecule has 0 bridgehead atoms. The van der Waals surface area contributed by atoms with Gasteiger partial charge in [0.25, 0.3) is 0 Å². The molecule has 0 aliphatic carbocycles. The minimum absolute atomic E-state index is 0.0712. The van der Waals surface area contributed by atoms with E-state index in [1.54, 1.807) is 7.11 Å². The molecule has 6 heteroatoms. The Labute approximate surface area is 135 Å². The maximum atomic E-state index is 11.2. The molecule has 6 nitrogen and oxygen atoms in total. The molecule has 2 aliphatic rings. The highest BCUT2D eigenvalue weighted by Crippen LogP contribution is 2.50. The number of benzene rings is 1. The van der Waals surface area contributed by atoms with E-state index in [1.807, 2.05) is 13.1 Å². The largest absolute Gasteiger partial charge is 0.512 e. The zero-order chi connectivity index (χ0) is 16.6. The van der Waals surface area contributed by atoms with E-state index in [2.05, 4.69) is 4.90 Å². The zero-order valence-corrected chi connectivity index (χ0v) is 13.6. The highest BCUT2D eigenvalue weighted by molar-refractivity contribution is 5.87. The molecule has 1 atom stereocenters. The number of fused-ring (bicyclic) bond motifs is 2. The number of ketones is 1. The molecule has 3 rings (SSSR count). The Morgan fingerprint density at radius 3 is 3.00 bits per heavy atom. The predicted octanol–water partition coefficient (Wildman–Crippen LogP) is 2.37. The normalized spacial score (nSPS) is 20.3. The fourth-order valence-electron chi connectivity index (χ4n) is 3.27. The monoisotopic (exact) mass is 319 g/mol. The van der Waals surface area contributed by atoms with Crippen LogP contribution >= 0.6 is 0 Å². The number of likely N-dealkylation sites (N-methyl/N-ethyl adjacent to an activating group) is 1. The number of nitrogens with zero attached hydrogens (tertiary/aromatic N) is 1. The Balaban J connectivity index is 2.05. The highest BCUT2D eigenvalue weighted by atomic mass is 16.7. The average Bonchev–Trinajstić information content (AvgIpc) is 2.95. The number of aliphatic hydroxyl groups is 1. The van der Waals surface area contributed by atoms with E-state index in [0.29, 0.717) is 23.7 Å². The van der Waals surface area contributed by atoms with Crippen molar-refractivity contribution in [3.8, 4) is 17.2 Å². The molecular weight excluding hydrogens is 298 g/mol. The van der Waals surface area contributed by atoms with Crippen LogP contribution in [0.25, 0.3) is 0 Å². The lowest BCUT2D eigenvalue weighted by atomic mass is 9.89. The van der Waals surface area contributed by atoms with Crippen molar-refractivity contribution in [1.29, 1.82) is 0 Å². The highest BCUT2D eigenvalue weighted by Gasteiger charge is 2.34. The lowest BCUT2D eigenvalue weighted by molar-refractivity contribution is -0.112. The molecular formula is C17H21NO5. The summed E-state index contributed by atoms with van der Waals surface area (Å²) in [6.45, 7) is 2.46. The third kappa shape index (κ3) is 2.86. The summed E-state index contributed by atoms with van der Waals surface area (Å²) in [5, 5.41) is 10.1. The number of rotatable bonds is 4. The molecule has 0 amide bonds. The Hall–Kier alpha value is -2.21. The van der Waals surface area contributed by atoms with Gasteiger partial charge in [0.1, 0.15) is 0 Å². The van der Waals surface area contributed by atoms with Crippen LogP contribution in [0, 0.1) is 0 Å². The van der Waals surface area contributed by atoms with E-state index in [9.17, 15) is 9.90 Å². The summed E-state index contributed by atoms with van der Waals surface area (Å²) >= 11 is 0. The topological polar surface area (TPSA) is 68.2 Å². The van der Waals surface area contributed by atoms with E-state index < -0.39 is 0 Å². The first-order valence-corrected chi connectivity index (χ1v) is 7.61. The third-order valence-corrected chi connectivity index (χ3v) is 4.32. The number of carbonyl (C=O) groups is 1. The van der Waals surface area contributed by atoms with Crippen LogP contribution in [0.5, 0.6) is 17.2 Å². The second-order valence-corrected chi connectivity index (χ2v) is 5.91. The van der Waals surface area contributed by atoms with Crippen LogP contribution in [0.2, 0.25) is 0 Å². The van der Waals surface area contributed by atoms with Gasteiger partial charge in [0, 0.05) is 30.6 Å². The van der Waals surface area contributed by atoms with Gasteiger partial charge in [-0.3, -0.25) is 9.69 Å². The van der Waals surface area contributed by atoms with E-state index in [0.717, 1.165) is 24.1 Å². The number of hydrogen-bond donors (Lipinski definition) is 1. The summed E-state index contributed by atoms with van der Waals surface area (Å²) in [6.07, 6.45) is 2.48. The molecule has 1 aromatic rings. The summed E-state index contributed by atoms with van der Waals surface area (Å²) in [6, 6.07) is 1.91. The molecule has 0 unspecified atom stereocenters. The first-order valence-electron chi connectivity index (χ1n) is 7.61. The molecule has 0 saturated carbocycles. The number of aliphatic hydroxyl groups excluding tert-OH is 1. The summed E-state index contributed by atoms with van der Waals surface area (Å²) in [4.78, 5) is 13.3. The van der Waals surface area contributed by atoms with Crippen molar-refractivity contribution in [1.82, 2.24) is 4.90 Å².